The second kappa shape index (κ2) is 6.77. The molecule has 0 aliphatic rings. The molecule has 0 radical (unpaired) electrons. The molecule has 0 aromatic heterocycles. The first-order valence-electron chi connectivity index (χ1n) is 6.09. The van der Waals surface area contributed by atoms with Crippen LogP contribution in [0.2, 0.25) is 0 Å². The van der Waals surface area contributed by atoms with Crippen molar-refractivity contribution < 1.29 is 32.9 Å². The van der Waals surface area contributed by atoms with Gasteiger partial charge in [0.2, 0.25) is 0 Å². The van der Waals surface area contributed by atoms with Gasteiger partial charge in [0.1, 0.15) is 5.56 Å². The fraction of sp³-hybridized carbons (Fsp3) is 0.462. The first-order valence-corrected chi connectivity index (χ1v) is 7.75. The van der Waals surface area contributed by atoms with Crippen LogP contribution in [0.15, 0.2) is 17.0 Å². The Morgan fingerprint density at radius 2 is 1.90 bits per heavy atom. The van der Waals surface area contributed by atoms with E-state index < -0.39 is 21.7 Å². The maximum absolute atomic E-state index is 12.2. The summed E-state index contributed by atoms with van der Waals surface area (Å²) in [6.07, 6.45) is 0. The molecule has 1 aromatic carbocycles. The molecule has 0 saturated carbocycles. The molecular weight excluding hydrogens is 300 g/mol. The van der Waals surface area contributed by atoms with Crippen molar-refractivity contribution in [3.05, 3.63) is 17.7 Å². The number of ether oxygens (including phenoxy) is 2. The van der Waals surface area contributed by atoms with Crippen molar-refractivity contribution in [2.75, 3.05) is 26.6 Å². The van der Waals surface area contributed by atoms with Crippen LogP contribution in [0.1, 0.15) is 17.3 Å². The summed E-state index contributed by atoms with van der Waals surface area (Å²) >= 11 is 0. The van der Waals surface area contributed by atoms with E-state index in [0.717, 1.165) is 6.07 Å². The lowest BCUT2D eigenvalue weighted by Crippen LogP contribution is -2.17. The van der Waals surface area contributed by atoms with E-state index in [2.05, 4.69) is 0 Å². The number of aliphatic hydroxyl groups excluding tert-OH is 1. The largest absolute Gasteiger partial charge is 0.493 e. The molecule has 0 amide bonds. The zero-order chi connectivity index (χ0) is 16.2. The Balaban J connectivity index is 3.45. The summed E-state index contributed by atoms with van der Waals surface area (Å²) in [5, 5.41) is 18.1. The van der Waals surface area contributed by atoms with Crippen LogP contribution in [0.4, 0.5) is 0 Å². The van der Waals surface area contributed by atoms with E-state index in [0.29, 0.717) is 0 Å². The van der Waals surface area contributed by atoms with E-state index in [1.807, 2.05) is 0 Å². The third-order valence-electron chi connectivity index (χ3n) is 2.86. The molecule has 1 rings (SSSR count). The molecule has 0 saturated heterocycles. The molecule has 1 unspecified atom stereocenters. The number of carboxylic acid groups (broad SMARTS) is 1. The molecule has 0 aliphatic carbocycles. The van der Waals surface area contributed by atoms with E-state index in [1.54, 1.807) is 6.92 Å². The molecule has 21 heavy (non-hydrogen) atoms. The Kier molecular flexibility index (Phi) is 5.56. The van der Waals surface area contributed by atoms with Gasteiger partial charge in [0.15, 0.2) is 21.3 Å². The number of aliphatic hydroxyl groups is 1. The van der Waals surface area contributed by atoms with E-state index in [1.165, 1.54) is 20.3 Å². The van der Waals surface area contributed by atoms with Gasteiger partial charge in [0, 0.05) is 12.7 Å². The van der Waals surface area contributed by atoms with Crippen LogP contribution in [0, 0.1) is 5.92 Å². The van der Waals surface area contributed by atoms with Crippen LogP contribution in [-0.4, -0.2) is 51.2 Å². The average Bonchev–Trinajstić information content (AvgIpc) is 2.44. The van der Waals surface area contributed by atoms with Crippen molar-refractivity contribution in [1.82, 2.24) is 0 Å². The molecule has 7 nitrogen and oxygen atoms in total. The second-order valence-electron chi connectivity index (χ2n) is 4.58. The third kappa shape index (κ3) is 3.85. The Labute approximate surface area is 123 Å². The highest BCUT2D eigenvalue weighted by Gasteiger charge is 2.25. The topological polar surface area (TPSA) is 110 Å². The maximum Gasteiger partial charge on any atom is 0.339 e. The quantitative estimate of drug-likeness (QED) is 0.765. The molecule has 0 heterocycles. The first kappa shape index (κ1) is 17.3. The van der Waals surface area contributed by atoms with Crippen molar-refractivity contribution in [1.29, 1.82) is 0 Å². The summed E-state index contributed by atoms with van der Waals surface area (Å²) in [5.74, 6) is -2.10. The summed E-state index contributed by atoms with van der Waals surface area (Å²) < 4.78 is 34.4. The Morgan fingerprint density at radius 1 is 1.29 bits per heavy atom. The van der Waals surface area contributed by atoms with Crippen molar-refractivity contribution in [3.63, 3.8) is 0 Å². The van der Waals surface area contributed by atoms with E-state index in [9.17, 15) is 13.2 Å². The summed E-state index contributed by atoms with van der Waals surface area (Å²) in [6.45, 7) is 1.30. The van der Waals surface area contributed by atoms with Crippen molar-refractivity contribution in [3.8, 4) is 11.5 Å². The van der Waals surface area contributed by atoms with Crippen molar-refractivity contribution >= 4 is 15.8 Å². The molecule has 1 aromatic rings. The number of sulfone groups is 1. The summed E-state index contributed by atoms with van der Waals surface area (Å²) in [7, 11) is -1.19. The van der Waals surface area contributed by atoms with Crippen LogP contribution in [0.5, 0.6) is 11.5 Å². The monoisotopic (exact) mass is 318 g/mol. The molecule has 8 heteroatoms. The molecular formula is C13H18O7S. The molecule has 2 N–H and O–H groups in total. The zero-order valence-electron chi connectivity index (χ0n) is 12.0. The SMILES string of the molecule is COc1cc(S(=O)(=O)CC(C)CO)cc(C(=O)O)c1OC. The summed E-state index contributed by atoms with van der Waals surface area (Å²) in [5.41, 5.74) is -0.299. The highest BCUT2D eigenvalue weighted by Crippen LogP contribution is 2.34. The molecule has 118 valence electrons. The molecule has 0 fully saturated rings. The Morgan fingerprint density at radius 3 is 2.33 bits per heavy atom. The maximum atomic E-state index is 12.2. The number of aromatic carboxylic acids is 1. The highest BCUT2D eigenvalue weighted by atomic mass is 32.2. The minimum absolute atomic E-state index is 0.0210. The predicted octanol–water partition coefficient (Wildman–Crippen LogP) is 0.804. The van der Waals surface area contributed by atoms with Gasteiger partial charge in [0.25, 0.3) is 0 Å². The number of hydrogen-bond donors (Lipinski definition) is 2. The van der Waals surface area contributed by atoms with Gasteiger partial charge in [-0.2, -0.15) is 0 Å². The van der Waals surface area contributed by atoms with E-state index >= 15 is 0 Å². The third-order valence-corrected chi connectivity index (χ3v) is 4.82. The normalized spacial score (nSPS) is 12.8. The van der Waals surface area contributed by atoms with Crippen LogP contribution in [-0.2, 0) is 9.84 Å². The number of carbonyl (C=O) groups is 1. The lowest BCUT2D eigenvalue weighted by molar-refractivity contribution is 0.0692. The molecule has 0 aliphatic heterocycles. The van der Waals surface area contributed by atoms with Gasteiger partial charge in [0.05, 0.1) is 24.9 Å². The highest BCUT2D eigenvalue weighted by molar-refractivity contribution is 7.91. The lowest BCUT2D eigenvalue weighted by Gasteiger charge is -2.14. The lowest BCUT2D eigenvalue weighted by atomic mass is 10.2. The average molecular weight is 318 g/mol. The Bertz CT molecular complexity index is 622. The van der Waals surface area contributed by atoms with Gasteiger partial charge in [-0.3, -0.25) is 0 Å². The number of methoxy groups -OCH3 is 2. The number of rotatable bonds is 7. The molecule has 1 atom stereocenters. The second-order valence-corrected chi connectivity index (χ2v) is 6.61. The van der Waals surface area contributed by atoms with Crippen LogP contribution < -0.4 is 9.47 Å². The van der Waals surface area contributed by atoms with Gasteiger partial charge in [-0.05, 0) is 12.0 Å². The minimum atomic E-state index is -3.74. The first-order chi connectivity index (χ1) is 9.76. The van der Waals surface area contributed by atoms with Gasteiger partial charge in [-0.25, -0.2) is 13.2 Å². The van der Waals surface area contributed by atoms with Gasteiger partial charge in [-0.15, -0.1) is 0 Å². The molecule has 0 bridgehead atoms. The number of carboxylic acids is 1. The predicted molar refractivity (Wildman–Crippen MR) is 74.8 cm³/mol. The minimum Gasteiger partial charge on any atom is -0.493 e. The van der Waals surface area contributed by atoms with Crippen molar-refractivity contribution in [2.45, 2.75) is 11.8 Å². The van der Waals surface area contributed by atoms with Gasteiger partial charge >= 0.3 is 5.97 Å². The van der Waals surface area contributed by atoms with E-state index in [-0.39, 0.29) is 34.3 Å². The van der Waals surface area contributed by atoms with E-state index in [4.69, 9.17) is 19.7 Å². The van der Waals surface area contributed by atoms with Crippen LogP contribution >= 0.6 is 0 Å². The zero-order valence-corrected chi connectivity index (χ0v) is 12.8. The fourth-order valence-electron chi connectivity index (χ4n) is 1.80. The Hall–Kier alpha value is -1.80. The van der Waals surface area contributed by atoms with Crippen molar-refractivity contribution in [2.24, 2.45) is 5.92 Å². The summed E-state index contributed by atoms with van der Waals surface area (Å²) in [4.78, 5) is 11.1. The number of benzene rings is 1. The number of hydrogen-bond acceptors (Lipinski definition) is 6. The van der Waals surface area contributed by atoms with Gasteiger partial charge < -0.3 is 19.7 Å². The van der Waals surface area contributed by atoms with Crippen LogP contribution in [0.25, 0.3) is 0 Å². The van der Waals surface area contributed by atoms with Crippen LogP contribution in [0.3, 0.4) is 0 Å². The molecule has 0 spiro atoms. The fourth-order valence-corrected chi connectivity index (χ4v) is 3.43. The summed E-state index contributed by atoms with van der Waals surface area (Å²) in [6, 6.07) is 2.24. The standard InChI is InChI=1S/C13H18O7S/c1-8(6-14)7-21(17,18)9-4-10(13(15)16)12(20-3)11(5-9)19-2/h4-5,8,14H,6-7H2,1-3H3,(H,15,16). The smallest absolute Gasteiger partial charge is 0.339 e. The van der Waals surface area contributed by atoms with Gasteiger partial charge in [-0.1, -0.05) is 6.92 Å².